The summed E-state index contributed by atoms with van der Waals surface area (Å²) in [6.07, 6.45) is 1.99. The van der Waals surface area contributed by atoms with Crippen molar-refractivity contribution in [2.24, 2.45) is 0 Å². The second kappa shape index (κ2) is 28.5. The number of benzene rings is 12. The van der Waals surface area contributed by atoms with Crippen LogP contribution in [0.25, 0.3) is 105 Å². The summed E-state index contributed by atoms with van der Waals surface area (Å²) in [6, 6.07) is 85.6. The van der Waals surface area contributed by atoms with Crippen LogP contribution in [0.15, 0.2) is 247 Å². The number of rotatable bonds is 0. The highest BCUT2D eigenvalue weighted by Crippen LogP contribution is 2.45. The number of hydrogen-bond donors (Lipinski definition) is 0. The SMILES string of the molecule is CC(C)(C)c1ccc2c(c1)Cc1ccccc1-2.CC(C)(C)c1ccc2sc3ccccc3c2c1.CC(C)(C)c1cccc2c1sc1ccccc12.CC(C)(C)c1cccc2sc3ccccc3c12.[2H]C([2H])([2H])c1c(C(C)(C)C)ccc2oc3ccccc3c12.[2H]C([2H])([2H])c1cc2c(cc1C(C)(C)C)Cc1ccccc1-2. The lowest BCUT2D eigenvalue weighted by molar-refractivity contribution is 0.585. The van der Waals surface area contributed by atoms with Gasteiger partial charge in [0.15, 0.2) is 0 Å². The maximum Gasteiger partial charge on any atom is 0.135 e. The van der Waals surface area contributed by atoms with Crippen molar-refractivity contribution in [1.82, 2.24) is 0 Å². The molecule has 0 radical (unpaired) electrons. The van der Waals surface area contributed by atoms with Gasteiger partial charge >= 0.3 is 0 Å². The number of thiophene rings is 3. The van der Waals surface area contributed by atoms with E-state index in [1.165, 1.54) is 122 Å². The maximum absolute atomic E-state index is 7.98. The van der Waals surface area contributed by atoms with Crippen LogP contribution in [0.5, 0.6) is 0 Å². The summed E-state index contributed by atoms with van der Waals surface area (Å²) < 4.78 is 61.8. The number of hydrogen-bond acceptors (Lipinski definition) is 4. The maximum atomic E-state index is 7.98. The average Bonchev–Trinajstić information content (AvgIpc) is 1.54. The van der Waals surface area contributed by atoms with E-state index < -0.39 is 13.7 Å². The fourth-order valence-corrected chi connectivity index (χ4v) is 18.4. The van der Waals surface area contributed by atoms with E-state index >= 15 is 0 Å². The number of furan rings is 1. The first-order valence-corrected chi connectivity index (χ1v) is 39.2. The van der Waals surface area contributed by atoms with Crippen LogP contribution in [0.2, 0.25) is 0 Å². The second-order valence-corrected chi connectivity index (χ2v) is 37.6. The highest BCUT2D eigenvalue weighted by atomic mass is 32.1. The van der Waals surface area contributed by atoms with Crippen molar-refractivity contribution in [3.05, 3.63) is 309 Å². The normalized spacial score (nSPS) is 13.8. The first-order chi connectivity index (χ1) is 51.6. The van der Waals surface area contributed by atoms with E-state index in [-0.39, 0.29) is 32.5 Å². The Bertz CT molecular complexity index is 6060. The van der Waals surface area contributed by atoms with Crippen molar-refractivity contribution in [2.45, 2.75) is 184 Å². The van der Waals surface area contributed by atoms with Gasteiger partial charge in [0.25, 0.3) is 0 Å². The van der Waals surface area contributed by atoms with Crippen molar-refractivity contribution in [2.75, 3.05) is 0 Å². The molecule has 4 heterocycles. The third-order valence-electron chi connectivity index (χ3n) is 20.4. The van der Waals surface area contributed by atoms with Gasteiger partial charge in [0.1, 0.15) is 11.2 Å². The number of para-hydroxylation sites is 1. The molecule has 528 valence electrons. The quantitative estimate of drug-likeness (QED) is 0.147. The average molecular weight is 1420 g/mol. The number of aryl methyl sites for hydroxylation is 2. The summed E-state index contributed by atoms with van der Waals surface area (Å²) in [6.45, 7) is 35.4. The minimum atomic E-state index is -2.17. The zero-order valence-corrected chi connectivity index (χ0v) is 66.6. The van der Waals surface area contributed by atoms with Gasteiger partial charge in [0, 0.05) is 79.5 Å². The Kier molecular flexibility index (Phi) is 18.1. The van der Waals surface area contributed by atoms with Gasteiger partial charge in [0.2, 0.25) is 0 Å². The van der Waals surface area contributed by atoms with E-state index in [0.717, 1.165) is 45.9 Å². The van der Waals surface area contributed by atoms with E-state index in [0.29, 0.717) is 16.7 Å². The van der Waals surface area contributed by atoms with Crippen molar-refractivity contribution < 1.29 is 12.6 Å². The van der Waals surface area contributed by atoms with Gasteiger partial charge in [-0.3, -0.25) is 0 Å². The predicted molar refractivity (Wildman–Crippen MR) is 463 cm³/mol. The molecule has 0 fully saturated rings. The van der Waals surface area contributed by atoms with E-state index in [4.69, 9.17) is 12.6 Å². The Morgan fingerprint density at radius 3 is 1.36 bits per heavy atom. The summed E-state index contributed by atoms with van der Waals surface area (Å²) in [5, 5.41) is 10.0. The van der Waals surface area contributed by atoms with Gasteiger partial charge in [0.05, 0.1) is 0 Å². The van der Waals surface area contributed by atoms with Crippen LogP contribution in [-0.4, -0.2) is 0 Å². The molecule has 18 rings (SSSR count). The molecule has 0 amide bonds. The molecule has 16 aromatic rings. The van der Waals surface area contributed by atoms with Gasteiger partial charge in [-0.05, 0) is 197 Å². The lowest BCUT2D eigenvalue weighted by Crippen LogP contribution is -2.13. The largest absolute Gasteiger partial charge is 0.456 e. The Labute approximate surface area is 640 Å². The van der Waals surface area contributed by atoms with Gasteiger partial charge < -0.3 is 4.42 Å². The molecule has 0 atom stereocenters. The molecule has 4 heteroatoms. The van der Waals surface area contributed by atoms with Crippen LogP contribution >= 0.6 is 34.0 Å². The van der Waals surface area contributed by atoms with Crippen LogP contribution in [0.4, 0.5) is 0 Å². The minimum absolute atomic E-state index is 0.173. The second-order valence-electron chi connectivity index (χ2n) is 34.4. The first kappa shape index (κ1) is 65.8. The van der Waals surface area contributed by atoms with Crippen LogP contribution in [-0.2, 0) is 45.3 Å². The smallest absolute Gasteiger partial charge is 0.135 e. The van der Waals surface area contributed by atoms with E-state index in [1.807, 2.05) is 109 Å². The summed E-state index contributed by atoms with van der Waals surface area (Å²) in [5.41, 5.74) is 20.9. The fourth-order valence-electron chi connectivity index (χ4n) is 14.8. The highest BCUT2D eigenvalue weighted by molar-refractivity contribution is 7.26. The zero-order valence-electron chi connectivity index (χ0n) is 70.1. The van der Waals surface area contributed by atoms with Gasteiger partial charge in [-0.1, -0.05) is 319 Å². The van der Waals surface area contributed by atoms with Gasteiger partial charge in [-0.15, -0.1) is 34.0 Å². The summed E-state index contributed by atoms with van der Waals surface area (Å²) in [5.74, 6) is 0. The molecule has 104 heavy (non-hydrogen) atoms. The minimum Gasteiger partial charge on any atom is -0.456 e. The highest BCUT2D eigenvalue weighted by Gasteiger charge is 2.27. The molecule has 0 spiro atoms. The van der Waals surface area contributed by atoms with Crippen LogP contribution in [0, 0.1) is 13.7 Å². The molecule has 0 N–H and O–H groups in total. The van der Waals surface area contributed by atoms with Gasteiger partial charge in [-0.2, -0.15) is 0 Å². The fraction of sp³-hybridized carbons (Fsp3) is 0.280. The molecule has 0 saturated heterocycles. The Morgan fingerprint density at radius 2 is 0.740 bits per heavy atom. The topological polar surface area (TPSA) is 13.1 Å². The molecule has 0 aliphatic heterocycles. The molecule has 12 aromatic carbocycles. The summed E-state index contributed by atoms with van der Waals surface area (Å²) in [4.78, 5) is 0. The molecule has 0 unspecified atom stereocenters. The van der Waals surface area contributed by atoms with Crippen LogP contribution < -0.4 is 0 Å². The van der Waals surface area contributed by atoms with E-state index in [9.17, 15) is 0 Å². The van der Waals surface area contributed by atoms with Crippen LogP contribution in [0.3, 0.4) is 0 Å². The van der Waals surface area contributed by atoms with Crippen molar-refractivity contribution >= 4 is 116 Å². The Hall–Kier alpha value is -8.90. The molecule has 2 aliphatic carbocycles. The monoisotopic (exact) mass is 1420 g/mol. The lowest BCUT2D eigenvalue weighted by atomic mass is 9.82. The molecular formula is C100H104OS3. The Morgan fingerprint density at radius 1 is 0.279 bits per heavy atom. The van der Waals surface area contributed by atoms with Gasteiger partial charge in [-0.25, -0.2) is 0 Å². The lowest BCUT2D eigenvalue weighted by Gasteiger charge is -2.23. The van der Waals surface area contributed by atoms with E-state index in [2.05, 4.69) is 292 Å². The molecular weight excluding hydrogens is 1310 g/mol. The molecule has 0 bridgehead atoms. The van der Waals surface area contributed by atoms with Crippen LogP contribution in [0.1, 0.15) is 200 Å². The molecule has 4 aromatic heterocycles. The third-order valence-corrected chi connectivity index (χ3v) is 23.9. The third kappa shape index (κ3) is 15.2. The first-order valence-electron chi connectivity index (χ1n) is 39.8. The van der Waals surface area contributed by atoms with E-state index in [1.54, 1.807) is 0 Å². The van der Waals surface area contributed by atoms with Crippen molar-refractivity contribution in [1.29, 1.82) is 0 Å². The zero-order chi connectivity index (χ0) is 79.0. The molecule has 1 nitrogen and oxygen atoms in total. The summed E-state index contributed by atoms with van der Waals surface area (Å²) >= 11 is 5.69. The van der Waals surface area contributed by atoms with Crippen molar-refractivity contribution in [3.63, 3.8) is 0 Å². The predicted octanol–water partition coefficient (Wildman–Crippen LogP) is 30.7. The Balaban J connectivity index is 0.000000116. The molecule has 2 aliphatic rings. The standard InChI is InChI=1S/C18H20.C17H18O.C17H18.3C16H16S/c1-12-9-16-14(11-17(12)18(2,3)4)10-13-7-5-6-8-15(13)16;1-11-13(17(2,3)4)9-10-15-16(11)12-7-5-6-8-14(12)18-15;1-17(2,3)14-8-9-16-13(11-14)10-12-6-4-5-7-15(12)16;1-16(2,3)13-9-6-8-12-11-7-4-5-10-14(11)17-15(12)13;1-16(2,3)12-8-6-10-14-15(12)11-7-4-5-9-13(11)17-14;1-16(2,3)11-8-9-15-13(10-11)12-6-4-5-7-14(12)17-15/h5-9,11H,10H2,1-4H3;5-10H,1-4H3;4-9,11H,10H2,1-3H3;3*4-10H,1-3H3/i2*1D3;;;;. The van der Waals surface area contributed by atoms with Crippen molar-refractivity contribution in [3.8, 4) is 22.3 Å². The number of fused-ring (bicyclic) bond motifs is 18. The summed E-state index contributed by atoms with van der Waals surface area (Å²) in [7, 11) is 0. The molecule has 0 saturated carbocycles.